The van der Waals surface area contributed by atoms with Crippen LogP contribution in [0.3, 0.4) is 0 Å². The van der Waals surface area contributed by atoms with Gasteiger partial charge in [-0.25, -0.2) is 0 Å². The summed E-state index contributed by atoms with van der Waals surface area (Å²) in [5.41, 5.74) is -0.200. The second kappa shape index (κ2) is 4.25. The Morgan fingerprint density at radius 3 is 2.53 bits per heavy atom. The Morgan fingerprint density at radius 1 is 1.20 bits per heavy atom. The third-order valence-electron chi connectivity index (χ3n) is 4.80. The summed E-state index contributed by atoms with van der Waals surface area (Å²) in [6.45, 7) is 2.19. The van der Waals surface area contributed by atoms with Gasteiger partial charge in [0, 0.05) is 5.41 Å². The summed E-state index contributed by atoms with van der Waals surface area (Å²) in [6.07, 6.45) is 8.55. The normalized spacial score (nSPS) is 46.7. The minimum Gasteiger partial charge on any atom is -0.393 e. The maximum absolute atomic E-state index is 11.5. The second-order valence-electron chi connectivity index (χ2n) is 5.48. The molecule has 0 saturated heterocycles. The average Bonchev–Trinajstić information content (AvgIpc) is 2.66. The number of aldehydes is 1. The van der Waals surface area contributed by atoms with Crippen molar-refractivity contribution >= 4 is 6.29 Å². The van der Waals surface area contributed by atoms with Gasteiger partial charge in [0.1, 0.15) is 6.29 Å². The van der Waals surface area contributed by atoms with Crippen LogP contribution in [0.4, 0.5) is 0 Å². The Balaban J connectivity index is 2.22. The van der Waals surface area contributed by atoms with Gasteiger partial charge in [0.05, 0.1) is 6.10 Å². The molecule has 0 aliphatic heterocycles. The molecule has 1 N–H and O–H groups in total. The fourth-order valence-electron chi connectivity index (χ4n) is 3.78. The number of hydrogen-bond donors (Lipinski definition) is 1. The second-order valence-corrected chi connectivity index (χ2v) is 5.48. The summed E-state index contributed by atoms with van der Waals surface area (Å²) in [6, 6.07) is 0. The van der Waals surface area contributed by atoms with Gasteiger partial charge in [-0.2, -0.15) is 0 Å². The van der Waals surface area contributed by atoms with E-state index in [1.807, 2.05) is 0 Å². The lowest BCUT2D eigenvalue weighted by Crippen LogP contribution is -2.43. The van der Waals surface area contributed by atoms with Gasteiger partial charge in [0.15, 0.2) is 0 Å². The van der Waals surface area contributed by atoms with Crippen molar-refractivity contribution in [3.63, 3.8) is 0 Å². The van der Waals surface area contributed by atoms with E-state index in [1.165, 1.54) is 12.7 Å². The van der Waals surface area contributed by atoms with Crippen LogP contribution >= 0.6 is 0 Å². The topological polar surface area (TPSA) is 37.3 Å². The number of hydrogen-bond acceptors (Lipinski definition) is 2. The van der Waals surface area contributed by atoms with Crippen LogP contribution in [-0.4, -0.2) is 17.5 Å². The molecule has 0 spiro atoms. The van der Waals surface area contributed by atoms with Crippen molar-refractivity contribution in [1.82, 2.24) is 0 Å². The summed E-state index contributed by atoms with van der Waals surface area (Å²) in [7, 11) is 0. The molecule has 2 nitrogen and oxygen atoms in total. The highest BCUT2D eigenvalue weighted by molar-refractivity contribution is 5.61. The molecule has 0 heterocycles. The fourth-order valence-corrected chi connectivity index (χ4v) is 3.78. The molecule has 2 rings (SSSR count). The van der Waals surface area contributed by atoms with Crippen molar-refractivity contribution in [2.24, 2.45) is 17.3 Å². The number of carbonyl (C=O) groups is 1. The highest BCUT2D eigenvalue weighted by atomic mass is 16.3. The first kappa shape index (κ1) is 11.1. The standard InChI is InChI=1S/C13H22O2/c1-10-5-2-3-8-13(10,9-14)11-6-4-7-12(11)15/h9-12,15H,2-8H2,1H3. The van der Waals surface area contributed by atoms with Gasteiger partial charge < -0.3 is 9.90 Å². The van der Waals surface area contributed by atoms with E-state index in [0.29, 0.717) is 5.92 Å². The van der Waals surface area contributed by atoms with Crippen LogP contribution in [0, 0.1) is 17.3 Å². The first-order valence-corrected chi connectivity index (χ1v) is 6.35. The van der Waals surface area contributed by atoms with E-state index in [-0.39, 0.29) is 17.4 Å². The highest BCUT2D eigenvalue weighted by Gasteiger charge is 2.48. The molecule has 15 heavy (non-hydrogen) atoms. The van der Waals surface area contributed by atoms with Crippen molar-refractivity contribution in [1.29, 1.82) is 0 Å². The van der Waals surface area contributed by atoms with Crippen molar-refractivity contribution in [3.8, 4) is 0 Å². The van der Waals surface area contributed by atoms with E-state index in [4.69, 9.17) is 0 Å². The zero-order chi connectivity index (χ0) is 10.9. The van der Waals surface area contributed by atoms with E-state index in [1.54, 1.807) is 0 Å². The molecule has 0 aromatic rings. The van der Waals surface area contributed by atoms with Gasteiger partial charge >= 0.3 is 0 Å². The molecule has 4 unspecified atom stereocenters. The summed E-state index contributed by atoms with van der Waals surface area (Å²) in [4.78, 5) is 11.5. The molecule has 0 aromatic carbocycles. The number of aliphatic hydroxyl groups excluding tert-OH is 1. The van der Waals surface area contributed by atoms with Gasteiger partial charge in [0.2, 0.25) is 0 Å². The Bertz CT molecular complexity index is 239. The van der Waals surface area contributed by atoms with Gasteiger partial charge in [-0.15, -0.1) is 0 Å². The third kappa shape index (κ3) is 1.73. The minimum atomic E-state index is -0.226. The summed E-state index contributed by atoms with van der Waals surface area (Å²) >= 11 is 0. The van der Waals surface area contributed by atoms with E-state index in [0.717, 1.165) is 38.5 Å². The van der Waals surface area contributed by atoms with Gasteiger partial charge in [0.25, 0.3) is 0 Å². The Morgan fingerprint density at radius 2 is 2.00 bits per heavy atom. The quantitative estimate of drug-likeness (QED) is 0.711. The van der Waals surface area contributed by atoms with E-state index in [2.05, 4.69) is 6.92 Å². The van der Waals surface area contributed by atoms with E-state index in [9.17, 15) is 9.90 Å². The predicted octanol–water partition coefficient (Wildman–Crippen LogP) is 2.54. The number of aliphatic hydroxyl groups is 1. The lowest BCUT2D eigenvalue weighted by molar-refractivity contribution is -0.128. The molecule has 0 aromatic heterocycles. The van der Waals surface area contributed by atoms with Gasteiger partial charge in [-0.3, -0.25) is 0 Å². The maximum atomic E-state index is 11.5. The van der Waals surface area contributed by atoms with Crippen LogP contribution in [0.15, 0.2) is 0 Å². The zero-order valence-corrected chi connectivity index (χ0v) is 9.61. The lowest BCUT2D eigenvalue weighted by atomic mass is 9.60. The molecule has 4 atom stereocenters. The molecule has 0 radical (unpaired) electrons. The van der Waals surface area contributed by atoms with Crippen LogP contribution in [0.25, 0.3) is 0 Å². The Labute approximate surface area is 92.1 Å². The fraction of sp³-hybridized carbons (Fsp3) is 0.923. The van der Waals surface area contributed by atoms with Gasteiger partial charge in [-0.1, -0.05) is 26.2 Å². The van der Waals surface area contributed by atoms with Crippen molar-refractivity contribution in [3.05, 3.63) is 0 Å². The molecule has 2 saturated carbocycles. The SMILES string of the molecule is CC1CCCCC1(C=O)C1CCCC1O. The van der Waals surface area contributed by atoms with Gasteiger partial charge in [-0.05, 0) is 37.5 Å². The molecule has 86 valence electrons. The van der Waals surface area contributed by atoms with Crippen LogP contribution in [0.1, 0.15) is 51.9 Å². The van der Waals surface area contributed by atoms with Crippen LogP contribution in [0.2, 0.25) is 0 Å². The van der Waals surface area contributed by atoms with Crippen LogP contribution in [-0.2, 0) is 4.79 Å². The van der Waals surface area contributed by atoms with Crippen molar-refractivity contribution in [2.45, 2.75) is 58.0 Å². The molecule has 2 aliphatic carbocycles. The average molecular weight is 210 g/mol. The monoisotopic (exact) mass is 210 g/mol. The van der Waals surface area contributed by atoms with E-state index < -0.39 is 0 Å². The molecular formula is C13H22O2. The largest absolute Gasteiger partial charge is 0.393 e. The molecule has 2 fully saturated rings. The zero-order valence-electron chi connectivity index (χ0n) is 9.61. The van der Waals surface area contributed by atoms with E-state index >= 15 is 0 Å². The first-order valence-electron chi connectivity index (χ1n) is 6.35. The third-order valence-corrected chi connectivity index (χ3v) is 4.80. The lowest BCUT2D eigenvalue weighted by Gasteiger charge is -2.44. The van der Waals surface area contributed by atoms with Crippen molar-refractivity contribution in [2.75, 3.05) is 0 Å². The smallest absolute Gasteiger partial charge is 0.126 e. The summed E-state index contributed by atoms with van der Waals surface area (Å²) < 4.78 is 0. The minimum absolute atomic E-state index is 0.200. The predicted molar refractivity (Wildman–Crippen MR) is 59.5 cm³/mol. The molecular weight excluding hydrogens is 188 g/mol. The van der Waals surface area contributed by atoms with Crippen LogP contribution < -0.4 is 0 Å². The first-order chi connectivity index (χ1) is 7.20. The molecule has 2 aliphatic rings. The maximum Gasteiger partial charge on any atom is 0.126 e. The molecule has 0 bridgehead atoms. The van der Waals surface area contributed by atoms with Crippen molar-refractivity contribution < 1.29 is 9.90 Å². The Kier molecular flexibility index (Phi) is 3.15. The molecule has 2 heteroatoms. The number of rotatable bonds is 2. The summed E-state index contributed by atoms with van der Waals surface area (Å²) in [5, 5.41) is 10.00. The molecule has 0 amide bonds. The van der Waals surface area contributed by atoms with Crippen LogP contribution in [0.5, 0.6) is 0 Å². The summed E-state index contributed by atoms with van der Waals surface area (Å²) in [5.74, 6) is 0.701. The number of carbonyl (C=O) groups excluding carboxylic acids is 1. The Hall–Kier alpha value is -0.370. The highest BCUT2D eigenvalue weighted by Crippen LogP contribution is 2.50.